The van der Waals surface area contributed by atoms with Crippen molar-refractivity contribution in [1.82, 2.24) is 0 Å². The van der Waals surface area contributed by atoms with Crippen LogP contribution in [0.5, 0.6) is 5.75 Å². The van der Waals surface area contributed by atoms with Crippen molar-refractivity contribution >= 4 is 27.4 Å². The molecule has 0 amide bonds. The molecule has 0 saturated heterocycles. The number of anilines is 2. The van der Waals surface area contributed by atoms with Crippen LogP contribution in [0.3, 0.4) is 0 Å². The molecule has 0 saturated carbocycles. The predicted molar refractivity (Wildman–Crippen MR) is 110 cm³/mol. The largest absolute Gasteiger partial charge is 0.497 e. The molecule has 2 aromatic rings. The Bertz CT molecular complexity index is 911. The van der Waals surface area contributed by atoms with Crippen LogP contribution in [-0.2, 0) is 14.8 Å². The van der Waals surface area contributed by atoms with Crippen LogP contribution in [0.15, 0.2) is 47.4 Å². The van der Waals surface area contributed by atoms with Crippen molar-refractivity contribution < 1.29 is 22.7 Å². The Hall–Kier alpha value is -2.74. The van der Waals surface area contributed by atoms with Gasteiger partial charge in [0.2, 0.25) is 0 Å². The van der Waals surface area contributed by atoms with Gasteiger partial charge in [0.1, 0.15) is 10.6 Å². The van der Waals surface area contributed by atoms with Crippen molar-refractivity contribution in [2.75, 3.05) is 24.3 Å². The molecule has 0 aliphatic heterocycles. The molecule has 152 valence electrons. The Morgan fingerprint density at radius 1 is 1.11 bits per heavy atom. The highest BCUT2D eigenvalue weighted by atomic mass is 32.2. The molecule has 0 spiro atoms. The quantitative estimate of drug-likeness (QED) is 0.614. The Morgan fingerprint density at radius 3 is 2.36 bits per heavy atom. The fourth-order valence-electron chi connectivity index (χ4n) is 2.75. The fraction of sp³-hybridized carbons (Fsp3) is 0.350. The highest BCUT2D eigenvalue weighted by Gasteiger charge is 2.22. The molecule has 2 rings (SSSR count). The molecule has 7 nitrogen and oxygen atoms in total. The van der Waals surface area contributed by atoms with Crippen LogP contribution in [0, 0.1) is 0 Å². The van der Waals surface area contributed by atoms with Crippen LogP contribution in [0.25, 0.3) is 0 Å². The third kappa shape index (κ3) is 5.39. The van der Waals surface area contributed by atoms with Gasteiger partial charge in [0, 0.05) is 11.7 Å². The molecule has 0 fully saturated rings. The molecule has 1 atom stereocenters. The average molecular weight is 407 g/mol. The number of nitrogens with one attached hydrogen (secondary N) is 2. The van der Waals surface area contributed by atoms with E-state index in [2.05, 4.69) is 17.0 Å². The molecule has 2 aromatic carbocycles. The van der Waals surface area contributed by atoms with Gasteiger partial charge in [0.25, 0.3) is 10.0 Å². The lowest BCUT2D eigenvalue weighted by atomic mass is 10.1. The fourth-order valence-corrected chi connectivity index (χ4v) is 4.00. The standard InChI is InChI=1S/C20H26N2O5S/c1-5-6-14(2)21-18-12-7-15(20(23)27-4)13-19(18)28(24,25)22-16-8-10-17(26-3)11-9-16/h7-14,21-22H,5-6H2,1-4H3. The van der Waals surface area contributed by atoms with Crippen molar-refractivity contribution in [3.05, 3.63) is 48.0 Å². The Balaban J connectivity index is 2.42. The average Bonchev–Trinajstić information content (AvgIpc) is 2.68. The summed E-state index contributed by atoms with van der Waals surface area (Å²) in [6.07, 6.45) is 1.84. The monoisotopic (exact) mass is 406 g/mol. The van der Waals surface area contributed by atoms with Crippen molar-refractivity contribution in [1.29, 1.82) is 0 Å². The second kappa shape index (κ2) is 9.45. The minimum atomic E-state index is -3.95. The van der Waals surface area contributed by atoms with Crippen LogP contribution in [0.2, 0.25) is 0 Å². The van der Waals surface area contributed by atoms with Crippen LogP contribution in [-0.4, -0.2) is 34.6 Å². The van der Waals surface area contributed by atoms with Gasteiger partial charge in [-0.2, -0.15) is 0 Å². The second-order valence-electron chi connectivity index (χ2n) is 6.37. The number of carbonyl (C=O) groups is 1. The van der Waals surface area contributed by atoms with Crippen molar-refractivity contribution in [2.45, 2.75) is 37.6 Å². The molecular weight excluding hydrogens is 380 g/mol. The Morgan fingerprint density at radius 2 is 1.79 bits per heavy atom. The third-order valence-electron chi connectivity index (χ3n) is 4.16. The minimum absolute atomic E-state index is 0.0193. The molecule has 28 heavy (non-hydrogen) atoms. The summed E-state index contributed by atoms with van der Waals surface area (Å²) in [6.45, 7) is 4.03. The van der Waals surface area contributed by atoms with Crippen LogP contribution < -0.4 is 14.8 Å². The van der Waals surface area contributed by atoms with E-state index in [9.17, 15) is 13.2 Å². The van der Waals surface area contributed by atoms with E-state index in [-0.39, 0.29) is 16.5 Å². The zero-order valence-corrected chi connectivity index (χ0v) is 17.3. The molecule has 0 radical (unpaired) electrons. The number of sulfonamides is 1. The van der Waals surface area contributed by atoms with Gasteiger partial charge in [-0.1, -0.05) is 13.3 Å². The first-order valence-electron chi connectivity index (χ1n) is 8.96. The van der Waals surface area contributed by atoms with Gasteiger partial charge in [-0.25, -0.2) is 13.2 Å². The number of methoxy groups -OCH3 is 2. The zero-order chi connectivity index (χ0) is 20.7. The van der Waals surface area contributed by atoms with Gasteiger partial charge in [0.15, 0.2) is 0 Å². The van der Waals surface area contributed by atoms with Crippen LogP contribution >= 0.6 is 0 Å². The molecular formula is C20H26N2O5S. The minimum Gasteiger partial charge on any atom is -0.497 e. The molecule has 0 heterocycles. The summed E-state index contributed by atoms with van der Waals surface area (Å²) in [5, 5.41) is 3.21. The lowest BCUT2D eigenvalue weighted by molar-refractivity contribution is 0.0600. The van der Waals surface area contributed by atoms with E-state index in [0.29, 0.717) is 17.1 Å². The molecule has 2 N–H and O–H groups in total. The zero-order valence-electron chi connectivity index (χ0n) is 16.5. The molecule has 0 aromatic heterocycles. The normalized spacial score (nSPS) is 12.1. The van der Waals surface area contributed by atoms with Gasteiger partial charge in [0.05, 0.1) is 25.5 Å². The number of esters is 1. The van der Waals surface area contributed by atoms with E-state index < -0.39 is 16.0 Å². The summed E-state index contributed by atoms with van der Waals surface area (Å²) >= 11 is 0. The van der Waals surface area contributed by atoms with Gasteiger partial charge in [-0.15, -0.1) is 0 Å². The Labute approximate surface area is 166 Å². The van der Waals surface area contributed by atoms with E-state index in [1.807, 2.05) is 6.92 Å². The maximum atomic E-state index is 13.0. The van der Waals surface area contributed by atoms with Gasteiger partial charge >= 0.3 is 5.97 Å². The molecule has 0 aliphatic carbocycles. The van der Waals surface area contributed by atoms with Crippen molar-refractivity contribution in [2.24, 2.45) is 0 Å². The highest BCUT2D eigenvalue weighted by molar-refractivity contribution is 7.92. The Kier molecular flexibility index (Phi) is 7.28. The van der Waals surface area contributed by atoms with Gasteiger partial charge in [-0.3, -0.25) is 4.72 Å². The first kappa shape index (κ1) is 21.6. The number of rotatable bonds is 9. The van der Waals surface area contributed by atoms with E-state index >= 15 is 0 Å². The van der Waals surface area contributed by atoms with E-state index in [1.165, 1.54) is 20.3 Å². The van der Waals surface area contributed by atoms with E-state index in [1.54, 1.807) is 36.4 Å². The van der Waals surface area contributed by atoms with E-state index in [0.717, 1.165) is 12.8 Å². The number of hydrogen-bond acceptors (Lipinski definition) is 6. The summed E-state index contributed by atoms with van der Waals surface area (Å²) in [4.78, 5) is 11.9. The van der Waals surface area contributed by atoms with Crippen molar-refractivity contribution in [3.8, 4) is 5.75 Å². The highest BCUT2D eigenvalue weighted by Crippen LogP contribution is 2.27. The first-order chi connectivity index (χ1) is 13.3. The summed E-state index contributed by atoms with van der Waals surface area (Å²) in [6, 6.07) is 11.0. The summed E-state index contributed by atoms with van der Waals surface area (Å²) < 4.78 is 38.4. The predicted octanol–water partition coefficient (Wildman–Crippen LogP) is 3.88. The topological polar surface area (TPSA) is 93.7 Å². The molecule has 8 heteroatoms. The summed E-state index contributed by atoms with van der Waals surface area (Å²) in [5.41, 5.74) is 0.970. The van der Waals surface area contributed by atoms with Gasteiger partial charge < -0.3 is 14.8 Å². The SMILES string of the molecule is CCCC(C)Nc1ccc(C(=O)OC)cc1S(=O)(=O)Nc1ccc(OC)cc1. The van der Waals surface area contributed by atoms with Crippen LogP contribution in [0.4, 0.5) is 11.4 Å². The summed E-state index contributed by atoms with van der Waals surface area (Å²) in [7, 11) is -1.16. The van der Waals surface area contributed by atoms with Gasteiger partial charge in [-0.05, 0) is 55.8 Å². The summed E-state index contributed by atoms with van der Waals surface area (Å²) in [5.74, 6) is 0.0143. The third-order valence-corrected chi connectivity index (χ3v) is 5.58. The molecule has 1 unspecified atom stereocenters. The molecule has 0 bridgehead atoms. The number of hydrogen-bond donors (Lipinski definition) is 2. The lowest BCUT2D eigenvalue weighted by Gasteiger charge is -2.19. The number of ether oxygens (including phenoxy) is 2. The second-order valence-corrected chi connectivity index (χ2v) is 8.02. The maximum absolute atomic E-state index is 13.0. The van der Waals surface area contributed by atoms with Crippen LogP contribution in [0.1, 0.15) is 37.0 Å². The lowest BCUT2D eigenvalue weighted by Crippen LogP contribution is -2.20. The smallest absolute Gasteiger partial charge is 0.337 e. The van der Waals surface area contributed by atoms with E-state index in [4.69, 9.17) is 9.47 Å². The van der Waals surface area contributed by atoms with Crippen molar-refractivity contribution in [3.63, 3.8) is 0 Å². The molecule has 0 aliphatic rings. The maximum Gasteiger partial charge on any atom is 0.337 e. The number of carbonyl (C=O) groups excluding carboxylic acids is 1. The number of benzene rings is 2. The first-order valence-corrected chi connectivity index (χ1v) is 10.4.